The summed E-state index contributed by atoms with van der Waals surface area (Å²) in [7, 11) is 0. The van der Waals surface area contributed by atoms with Gasteiger partial charge in [0.1, 0.15) is 0 Å². The van der Waals surface area contributed by atoms with Crippen LogP contribution in [0.3, 0.4) is 0 Å². The molecule has 50 valence electrons. The van der Waals surface area contributed by atoms with Crippen molar-refractivity contribution in [2.24, 2.45) is 9.98 Å². The Bertz CT molecular complexity index is 134. The van der Waals surface area contributed by atoms with E-state index in [9.17, 15) is 0 Å². The van der Waals surface area contributed by atoms with Gasteiger partial charge >= 0.3 is 0 Å². The molecule has 0 saturated heterocycles. The standard InChI is InChI=1S/C7H12N2/c1-4-9-7(2)5-6-8-3/h5-6H,3-4H2,1-2H3. The van der Waals surface area contributed by atoms with Crippen molar-refractivity contribution >= 4 is 12.4 Å². The first kappa shape index (κ1) is 8.08. The number of nitrogens with zero attached hydrogens (tertiary/aromatic N) is 2. The SMILES string of the molecule is C=NC=CC(C)=NCC. The minimum Gasteiger partial charge on any atom is -0.290 e. The van der Waals surface area contributed by atoms with Gasteiger partial charge in [0, 0.05) is 18.5 Å². The minimum absolute atomic E-state index is 0.827. The van der Waals surface area contributed by atoms with Crippen LogP contribution in [0.2, 0.25) is 0 Å². The van der Waals surface area contributed by atoms with Gasteiger partial charge in [0.2, 0.25) is 0 Å². The molecule has 9 heavy (non-hydrogen) atoms. The lowest BCUT2D eigenvalue weighted by Crippen LogP contribution is -1.84. The number of rotatable bonds is 3. The molecular formula is C7H12N2. The van der Waals surface area contributed by atoms with E-state index in [1.54, 1.807) is 6.20 Å². The summed E-state index contributed by atoms with van der Waals surface area (Å²) in [6, 6.07) is 0. The Labute approximate surface area is 56.0 Å². The second-order valence-corrected chi connectivity index (χ2v) is 1.61. The number of aliphatic imine (C=N–C) groups is 2. The number of hydrogen-bond acceptors (Lipinski definition) is 2. The molecule has 0 rings (SSSR count). The van der Waals surface area contributed by atoms with Gasteiger partial charge in [-0.1, -0.05) is 0 Å². The Morgan fingerprint density at radius 3 is 2.78 bits per heavy atom. The van der Waals surface area contributed by atoms with E-state index in [-0.39, 0.29) is 0 Å². The fourth-order valence-corrected chi connectivity index (χ4v) is 0.463. The van der Waals surface area contributed by atoms with Crippen LogP contribution >= 0.6 is 0 Å². The van der Waals surface area contributed by atoms with Gasteiger partial charge in [0.25, 0.3) is 0 Å². The van der Waals surface area contributed by atoms with Crippen LogP contribution in [0.1, 0.15) is 13.8 Å². The highest BCUT2D eigenvalue weighted by Crippen LogP contribution is 1.80. The summed E-state index contributed by atoms with van der Waals surface area (Å²) in [5.41, 5.74) is 0.991. The highest BCUT2D eigenvalue weighted by atomic mass is 14.7. The molecule has 0 aliphatic rings. The molecule has 0 aromatic carbocycles. The molecule has 0 radical (unpaired) electrons. The van der Waals surface area contributed by atoms with Crippen molar-refractivity contribution in [3.63, 3.8) is 0 Å². The molecule has 0 aromatic rings. The van der Waals surface area contributed by atoms with Crippen molar-refractivity contribution in [2.75, 3.05) is 6.54 Å². The molecule has 0 amide bonds. The van der Waals surface area contributed by atoms with Crippen molar-refractivity contribution in [3.05, 3.63) is 12.3 Å². The van der Waals surface area contributed by atoms with Gasteiger partial charge in [0.15, 0.2) is 0 Å². The van der Waals surface area contributed by atoms with E-state index in [1.165, 1.54) is 0 Å². The summed E-state index contributed by atoms with van der Waals surface area (Å²) in [6.07, 6.45) is 3.46. The minimum atomic E-state index is 0.827. The summed E-state index contributed by atoms with van der Waals surface area (Å²) in [5, 5.41) is 0. The van der Waals surface area contributed by atoms with Crippen LogP contribution in [-0.2, 0) is 0 Å². The summed E-state index contributed by atoms with van der Waals surface area (Å²) < 4.78 is 0. The van der Waals surface area contributed by atoms with Gasteiger partial charge in [-0.05, 0) is 26.6 Å². The molecule has 0 aliphatic heterocycles. The molecule has 0 atom stereocenters. The Hall–Kier alpha value is -0.920. The van der Waals surface area contributed by atoms with E-state index >= 15 is 0 Å². The highest BCUT2D eigenvalue weighted by molar-refractivity contribution is 5.92. The summed E-state index contributed by atoms with van der Waals surface area (Å²) in [5.74, 6) is 0. The fourth-order valence-electron chi connectivity index (χ4n) is 0.463. The Kier molecular flexibility index (Phi) is 4.69. The average Bonchev–Trinajstić information content (AvgIpc) is 1.85. The smallest absolute Gasteiger partial charge is 0.0364 e. The normalized spacial score (nSPS) is 12.4. The van der Waals surface area contributed by atoms with Crippen molar-refractivity contribution in [1.82, 2.24) is 0 Å². The zero-order valence-corrected chi connectivity index (χ0v) is 5.96. The molecule has 2 heteroatoms. The van der Waals surface area contributed by atoms with Gasteiger partial charge in [0.05, 0.1) is 0 Å². The number of allylic oxidation sites excluding steroid dienone is 1. The van der Waals surface area contributed by atoms with Crippen LogP contribution in [-0.4, -0.2) is 19.0 Å². The van der Waals surface area contributed by atoms with E-state index in [1.807, 2.05) is 19.9 Å². The first-order valence-corrected chi connectivity index (χ1v) is 2.94. The van der Waals surface area contributed by atoms with Crippen LogP contribution in [0.25, 0.3) is 0 Å². The quantitative estimate of drug-likeness (QED) is 0.511. The Morgan fingerprint density at radius 2 is 2.33 bits per heavy atom. The third kappa shape index (κ3) is 4.94. The van der Waals surface area contributed by atoms with Crippen molar-refractivity contribution < 1.29 is 0 Å². The maximum atomic E-state index is 4.10. The molecule has 2 nitrogen and oxygen atoms in total. The van der Waals surface area contributed by atoms with Gasteiger partial charge in [-0.3, -0.25) is 9.98 Å². The lowest BCUT2D eigenvalue weighted by atomic mass is 10.4. The average molecular weight is 124 g/mol. The van der Waals surface area contributed by atoms with Crippen molar-refractivity contribution in [2.45, 2.75) is 13.8 Å². The summed E-state index contributed by atoms with van der Waals surface area (Å²) in [6.45, 7) is 8.06. The predicted molar refractivity (Wildman–Crippen MR) is 42.3 cm³/mol. The lowest BCUT2D eigenvalue weighted by molar-refractivity contribution is 1.13. The van der Waals surface area contributed by atoms with Gasteiger partial charge in [-0.2, -0.15) is 0 Å². The molecule has 0 saturated carbocycles. The van der Waals surface area contributed by atoms with Crippen molar-refractivity contribution in [1.29, 1.82) is 0 Å². The Balaban J connectivity index is 3.74. The van der Waals surface area contributed by atoms with Crippen LogP contribution in [0, 0.1) is 0 Å². The van der Waals surface area contributed by atoms with Crippen LogP contribution in [0.15, 0.2) is 22.3 Å². The summed E-state index contributed by atoms with van der Waals surface area (Å²) >= 11 is 0. The van der Waals surface area contributed by atoms with E-state index in [0.29, 0.717) is 0 Å². The molecule has 0 spiro atoms. The maximum Gasteiger partial charge on any atom is 0.0364 e. The predicted octanol–water partition coefficient (Wildman–Crippen LogP) is 1.68. The lowest BCUT2D eigenvalue weighted by Gasteiger charge is -1.85. The highest BCUT2D eigenvalue weighted by Gasteiger charge is 1.76. The van der Waals surface area contributed by atoms with E-state index in [0.717, 1.165) is 12.3 Å². The van der Waals surface area contributed by atoms with Crippen molar-refractivity contribution in [3.8, 4) is 0 Å². The molecular weight excluding hydrogens is 112 g/mol. The van der Waals surface area contributed by atoms with E-state index in [2.05, 4.69) is 16.7 Å². The van der Waals surface area contributed by atoms with Gasteiger partial charge in [-0.25, -0.2) is 0 Å². The topological polar surface area (TPSA) is 24.7 Å². The van der Waals surface area contributed by atoms with Gasteiger partial charge in [-0.15, -0.1) is 0 Å². The first-order valence-electron chi connectivity index (χ1n) is 2.94. The second kappa shape index (κ2) is 5.22. The molecule has 0 fully saturated rings. The zero-order valence-electron chi connectivity index (χ0n) is 5.96. The van der Waals surface area contributed by atoms with Crippen LogP contribution in [0.5, 0.6) is 0 Å². The Morgan fingerprint density at radius 1 is 1.67 bits per heavy atom. The molecule has 0 aromatic heterocycles. The molecule has 0 N–H and O–H groups in total. The van der Waals surface area contributed by atoms with E-state index < -0.39 is 0 Å². The van der Waals surface area contributed by atoms with Crippen LogP contribution in [0.4, 0.5) is 0 Å². The third-order valence-corrected chi connectivity index (χ3v) is 0.829. The molecule has 0 bridgehead atoms. The second-order valence-electron chi connectivity index (χ2n) is 1.61. The maximum absolute atomic E-state index is 4.10. The largest absolute Gasteiger partial charge is 0.290 e. The van der Waals surface area contributed by atoms with Gasteiger partial charge < -0.3 is 0 Å². The third-order valence-electron chi connectivity index (χ3n) is 0.829. The number of hydrogen-bond donors (Lipinski definition) is 0. The molecule has 0 aliphatic carbocycles. The van der Waals surface area contributed by atoms with E-state index in [4.69, 9.17) is 0 Å². The van der Waals surface area contributed by atoms with Crippen LogP contribution < -0.4 is 0 Å². The molecule has 0 unspecified atom stereocenters. The summed E-state index contributed by atoms with van der Waals surface area (Å²) in [4.78, 5) is 7.65. The molecule has 0 heterocycles. The first-order chi connectivity index (χ1) is 4.31. The fraction of sp³-hybridized carbons (Fsp3) is 0.429. The monoisotopic (exact) mass is 124 g/mol. The zero-order chi connectivity index (χ0) is 7.11.